The third-order valence-corrected chi connectivity index (χ3v) is 5.89. The highest BCUT2D eigenvalue weighted by molar-refractivity contribution is 6.05. The first-order chi connectivity index (χ1) is 13.9. The molecule has 0 aromatic heterocycles. The zero-order chi connectivity index (χ0) is 20.5. The molecule has 154 valence electrons. The van der Waals surface area contributed by atoms with Crippen LogP contribution in [0.15, 0.2) is 12.1 Å². The Morgan fingerprint density at radius 1 is 1.10 bits per heavy atom. The largest absolute Gasteiger partial charge is 0.455 e. The van der Waals surface area contributed by atoms with E-state index < -0.39 is 18.5 Å². The summed E-state index contributed by atoms with van der Waals surface area (Å²) in [7, 11) is 0. The lowest BCUT2D eigenvalue weighted by Crippen LogP contribution is -2.40. The SMILES string of the molecule is CC(=O)c1cc2c(cc1NC(=O)COC(=O)C1CC3CCCC(C1)C3=O)OCO2. The van der Waals surface area contributed by atoms with Crippen LogP contribution in [0.5, 0.6) is 11.5 Å². The summed E-state index contributed by atoms with van der Waals surface area (Å²) in [5, 5.41) is 2.60. The Morgan fingerprint density at radius 3 is 2.41 bits per heavy atom. The van der Waals surface area contributed by atoms with E-state index in [4.69, 9.17) is 14.2 Å². The van der Waals surface area contributed by atoms with Crippen molar-refractivity contribution in [2.45, 2.75) is 39.0 Å². The van der Waals surface area contributed by atoms with Gasteiger partial charge in [-0.05, 0) is 38.7 Å². The molecule has 0 radical (unpaired) electrons. The number of carbonyl (C=O) groups excluding carboxylic acids is 4. The van der Waals surface area contributed by atoms with Crippen LogP contribution in [0.3, 0.4) is 0 Å². The molecule has 2 fully saturated rings. The number of benzene rings is 1. The predicted octanol–water partition coefficient (Wildman–Crippen LogP) is 2.50. The van der Waals surface area contributed by atoms with Gasteiger partial charge in [0.25, 0.3) is 5.91 Å². The summed E-state index contributed by atoms with van der Waals surface area (Å²) in [5.41, 5.74) is 0.563. The summed E-state index contributed by atoms with van der Waals surface area (Å²) >= 11 is 0. The van der Waals surface area contributed by atoms with E-state index in [9.17, 15) is 19.2 Å². The van der Waals surface area contributed by atoms with Crippen LogP contribution in [0.1, 0.15) is 49.4 Å². The number of nitrogens with one attached hydrogen (secondary N) is 1. The van der Waals surface area contributed by atoms with Gasteiger partial charge in [-0.25, -0.2) is 0 Å². The Balaban J connectivity index is 1.35. The molecule has 0 saturated heterocycles. The van der Waals surface area contributed by atoms with Crippen LogP contribution < -0.4 is 14.8 Å². The molecule has 3 aliphatic rings. The predicted molar refractivity (Wildman–Crippen MR) is 101 cm³/mol. The second-order valence-corrected chi connectivity index (χ2v) is 7.86. The number of Topliss-reactive ketones (excluding diaryl/α,β-unsaturated/α-hetero) is 2. The Kier molecular flexibility index (Phi) is 5.25. The van der Waals surface area contributed by atoms with E-state index in [0.717, 1.165) is 19.3 Å². The lowest BCUT2D eigenvalue weighted by Gasteiger charge is -2.36. The quantitative estimate of drug-likeness (QED) is 0.596. The van der Waals surface area contributed by atoms with E-state index in [2.05, 4.69) is 5.32 Å². The first-order valence-electron chi connectivity index (χ1n) is 9.87. The number of hydrogen-bond acceptors (Lipinski definition) is 7. The molecule has 8 nitrogen and oxygen atoms in total. The van der Waals surface area contributed by atoms with Crippen molar-refractivity contribution >= 4 is 29.1 Å². The molecule has 2 aliphatic carbocycles. The number of carbonyl (C=O) groups is 4. The number of amides is 1. The first kappa shape index (κ1) is 19.4. The van der Waals surface area contributed by atoms with Crippen LogP contribution in [0.4, 0.5) is 5.69 Å². The second kappa shape index (κ2) is 7.85. The molecule has 8 heteroatoms. The molecular weight excluding hydrogens is 378 g/mol. The summed E-state index contributed by atoms with van der Waals surface area (Å²) in [6.45, 7) is 0.979. The molecule has 2 unspecified atom stereocenters. The lowest BCUT2D eigenvalue weighted by atomic mass is 9.67. The summed E-state index contributed by atoms with van der Waals surface area (Å²) in [5.74, 6) is -0.534. The van der Waals surface area contributed by atoms with Crippen LogP contribution in [-0.2, 0) is 19.1 Å². The van der Waals surface area contributed by atoms with E-state index in [1.54, 1.807) is 0 Å². The highest BCUT2D eigenvalue weighted by Gasteiger charge is 2.41. The Bertz CT molecular complexity index is 862. The molecule has 2 atom stereocenters. The maximum atomic E-state index is 12.4. The van der Waals surface area contributed by atoms with Gasteiger partial charge in [-0.1, -0.05) is 6.42 Å². The fourth-order valence-electron chi connectivity index (χ4n) is 4.45. The molecule has 1 N–H and O–H groups in total. The van der Waals surface area contributed by atoms with Crippen molar-refractivity contribution in [1.29, 1.82) is 0 Å². The fourth-order valence-corrected chi connectivity index (χ4v) is 4.45. The molecule has 1 aromatic carbocycles. The van der Waals surface area contributed by atoms with Gasteiger partial charge >= 0.3 is 5.97 Å². The van der Waals surface area contributed by atoms with Crippen LogP contribution in [0.25, 0.3) is 0 Å². The normalized spacial score (nSPS) is 24.7. The highest BCUT2D eigenvalue weighted by Crippen LogP contribution is 2.40. The van der Waals surface area contributed by atoms with Crippen molar-refractivity contribution in [2.75, 3.05) is 18.7 Å². The summed E-state index contributed by atoms with van der Waals surface area (Å²) in [6, 6.07) is 3.04. The number of ether oxygens (including phenoxy) is 3. The number of esters is 1. The van der Waals surface area contributed by atoms with Gasteiger partial charge in [-0.2, -0.15) is 0 Å². The Labute approximate surface area is 167 Å². The molecule has 1 aliphatic heterocycles. The number of anilines is 1. The summed E-state index contributed by atoms with van der Waals surface area (Å²) in [6.07, 6.45) is 3.70. The van der Waals surface area contributed by atoms with Gasteiger partial charge in [-0.3, -0.25) is 19.2 Å². The van der Waals surface area contributed by atoms with Gasteiger partial charge in [0.15, 0.2) is 23.9 Å². The van der Waals surface area contributed by atoms with Gasteiger partial charge in [0, 0.05) is 23.5 Å². The maximum Gasteiger partial charge on any atom is 0.309 e. The fraction of sp³-hybridized carbons (Fsp3) is 0.524. The third-order valence-electron chi connectivity index (χ3n) is 5.89. The number of hydrogen-bond donors (Lipinski definition) is 1. The molecule has 1 aromatic rings. The van der Waals surface area contributed by atoms with E-state index >= 15 is 0 Å². The van der Waals surface area contributed by atoms with Crippen molar-refractivity contribution < 1.29 is 33.4 Å². The van der Waals surface area contributed by atoms with Gasteiger partial charge in [0.1, 0.15) is 5.78 Å². The summed E-state index contributed by atoms with van der Waals surface area (Å²) in [4.78, 5) is 48.7. The number of fused-ring (bicyclic) bond motifs is 3. The molecule has 2 bridgehead atoms. The van der Waals surface area contributed by atoms with E-state index in [1.165, 1.54) is 19.1 Å². The molecule has 2 saturated carbocycles. The zero-order valence-corrected chi connectivity index (χ0v) is 16.2. The van der Waals surface area contributed by atoms with Gasteiger partial charge in [0.05, 0.1) is 11.6 Å². The monoisotopic (exact) mass is 401 g/mol. The van der Waals surface area contributed by atoms with Crippen LogP contribution >= 0.6 is 0 Å². The average molecular weight is 401 g/mol. The van der Waals surface area contributed by atoms with Gasteiger partial charge in [-0.15, -0.1) is 0 Å². The topological polar surface area (TPSA) is 108 Å². The minimum Gasteiger partial charge on any atom is -0.455 e. The maximum absolute atomic E-state index is 12.4. The number of rotatable bonds is 5. The van der Waals surface area contributed by atoms with Crippen molar-refractivity contribution in [3.63, 3.8) is 0 Å². The van der Waals surface area contributed by atoms with Crippen LogP contribution in [0, 0.1) is 17.8 Å². The molecule has 0 spiro atoms. The second-order valence-electron chi connectivity index (χ2n) is 7.86. The van der Waals surface area contributed by atoms with Crippen molar-refractivity contribution in [3.05, 3.63) is 17.7 Å². The molecule has 4 rings (SSSR count). The Hall–Kier alpha value is -2.90. The summed E-state index contributed by atoms with van der Waals surface area (Å²) < 4.78 is 15.7. The molecule has 1 amide bonds. The van der Waals surface area contributed by atoms with E-state index in [1.807, 2.05) is 0 Å². The zero-order valence-electron chi connectivity index (χ0n) is 16.2. The lowest BCUT2D eigenvalue weighted by molar-refractivity contribution is -0.155. The Morgan fingerprint density at radius 2 is 1.76 bits per heavy atom. The van der Waals surface area contributed by atoms with Gasteiger partial charge in [0.2, 0.25) is 6.79 Å². The third kappa shape index (κ3) is 3.97. The van der Waals surface area contributed by atoms with Crippen molar-refractivity contribution in [2.24, 2.45) is 17.8 Å². The minimum absolute atomic E-state index is 0.0492. The average Bonchev–Trinajstić information content (AvgIpc) is 3.12. The van der Waals surface area contributed by atoms with E-state index in [-0.39, 0.29) is 47.4 Å². The van der Waals surface area contributed by atoms with Crippen molar-refractivity contribution in [3.8, 4) is 11.5 Å². The smallest absolute Gasteiger partial charge is 0.309 e. The first-order valence-corrected chi connectivity index (χ1v) is 9.87. The van der Waals surface area contributed by atoms with Crippen LogP contribution in [-0.4, -0.2) is 36.8 Å². The van der Waals surface area contributed by atoms with Gasteiger partial charge < -0.3 is 19.5 Å². The number of ketones is 2. The van der Waals surface area contributed by atoms with Crippen molar-refractivity contribution in [1.82, 2.24) is 0 Å². The van der Waals surface area contributed by atoms with Crippen LogP contribution in [0.2, 0.25) is 0 Å². The molecule has 29 heavy (non-hydrogen) atoms. The molecule has 1 heterocycles. The highest BCUT2D eigenvalue weighted by atomic mass is 16.7. The minimum atomic E-state index is -0.549. The standard InChI is InChI=1S/C21H23NO7/c1-11(23)15-7-17-18(29-10-28-17)8-16(15)22-19(24)9-27-21(26)14-5-12-3-2-4-13(6-14)20(12)25/h7-8,12-14H,2-6,9-10H2,1H3,(H,22,24). The molecular formula is C21H23NO7. The van der Waals surface area contributed by atoms with E-state index in [0.29, 0.717) is 24.3 Å².